The lowest BCUT2D eigenvalue weighted by Gasteiger charge is -2.19. The predicted molar refractivity (Wildman–Crippen MR) is 159 cm³/mol. The minimum absolute atomic E-state index is 0.00126. The summed E-state index contributed by atoms with van der Waals surface area (Å²) in [5, 5.41) is 30.3. The van der Waals surface area contributed by atoms with Gasteiger partial charge in [-0.25, -0.2) is 4.39 Å². The van der Waals surface area contributed by atoms with Gasteiger partial charge >= 0.3 is 12.1 Å². The average Bonchev–Trinajstić information content (AvgIpc) is 3.69. The normalized spacial score (nSPS) is 12.2. The molecule has 0 radical (unpaired) electrons. The minimum atomic E-state index is -4.65. The molecule has 0 aliphatic heterocycles. The molecule has 0 aliphatic carbocycles. The standard InChI is InChI=1S/C32H29F4N7O3/c1-2-7-23-17-28(31(46)37-22(16-29(44)45)14-20-8-3-6-11-26(20)32(34,35)36)40-43(23)18-21-13-12-19(15-27(21)33)24-9-4-5-10-25(24)30-38-41-42-39-30/h3-6,8-13,15,17,22H,2,7,14,16,18H2,1H3,(H,37,46)(H,44,45)(H,38,39,41,42). The number of aromatic amines is 1. The zero-order valence-electron chi connectivity index (χ0n) is 24.6. The summed E-state index contributed by atoms with van der Waals surface area (Å²) in [5.41, 5.74) is 1.79. The molecular formula is C32H29F4N7O3. The Morgan fingerprint density at radius 1 is 1.00 bits per heavy atom. The van der Waals surface area contributed by atoms with Gasteiger partial charge in [0.25, 0.3) is 5.91 Å². The fraction of sp³-hybridized carbons (Fsp3) is 0.250. The van der Waals surface area contributed by atoms with Crippen molar-refractivity contribution >= 4 is 11.9 Å². The number of carbonyl (C=O) groups is 2. The molecule has 0 aliphatic rings. The van der Waals surface area contributed by atoms with Crippen LogP contribution in [0.3, 0.4) is 0 Å². The van der Waals surface area contributed by atoms with Crippen molar-refractivity contribution in [1.82, 2.24) is 35.7 Å². The molecule has 5 aromatic rings. The Morgan fingerprint density at radius 2 is 1.74 bits per heavy atom. The number of aryl methyl sites for hydroxylation is 1. The number of halogens is 4. The van der Waals surface area contributed by atoms with Crippen LogP contribution < -0.4 is 5.32 Å². The lowest BCUT2D eigenvalue weighted by molar-refractivity contribution is -0.138. The first-order valence-electron chi connectivity index (χ1n) is 14.4. The molecule has 10 nitrogen and oxygen atoms in total. The molecule has 1 unspecified atom stereocenters. The molecule has 0 fully saturated rings. The maximum Gasteiger partial charge on any atom is 0.416 e. The molecule has 46 heavy (non-hydrogen) atoms. The summed E-state index contributed by atoms with van der Waals surface area (Å²) in [6.45, 7) is 1.92. The molecule has 3 N–H and O–H groups in total. The number of aromatic nitrogens is 6. The number of carbonyl (C=O) groups excluding carboxylic acids is 1. The van der Waals surface area contributed by atoms with E-state index in [4.69, 9.17) is 0 Å². The van der Waals surface area contributed by atoms with E-state index in [1.807, 2.05) is 25.1 Å². The molecule has 3 aromatic carbocycles. The molecule has 1 atom stereocenters. The number of H-pyrrole nitrogens is 1. The van der Waals surface area contributed by atoms with Gasteiger partial charge in [0.2, 0.25) is 5.82 Å². The van der Waals surface area contributed by atoms with Crippen LogP contribution in [0.15, 0.2) is 72.8 Å². The molecule has 0 spiro atoms. The number of carboxylic acids is 1. The Hall–Kier alpha value is -5.40. The van der Waals surface area contributed by atoms with Crippen LogP contribution in [-0.4, -0.2) is 53.4 Å². The number of amides is 1. The number of tetrazole rings is 1. The van der Waals surface area contributed by atoms with Crippen molar-refractivity contribution in [3.8, 4) is 22.5 Å². The summed E-state index contributed by atoms with van der Waals surface area (Å²) in [6, 6.07) is 17.2. The van der Waals surface area contributed by atoms with E-state index in [9.17, 15) is 27.9 Å². The van der Waals surface area contributed by atoms with Crippen molar-refractivity contribution in [2.45, 2.75) is 51.4 Å². The second-order valence-corrected chi connectivity index (χ2v) is 10.6. The number of hydrogen-bond donors (Lipinski definition) is 3. The number of nitrogens with one attached hydrogen (secondary N) is 2. The van der Waals surface area contributed by atoms with Crippen molar-refractivity contribution in [3.05, 3.63) is 107 Å². The van der Waals surface area contributed by atoms with Crippen LogP contribution in [0.2, 0.25) is 0 Å². The summed E-state index contributed by atoms with van der Waals surface area (Å²) in [4.78, 5) is 24.8. The van der Waals surface area contributed by atoms with Crippen molar-refractivity contribution in [2.24, 2.45) is 0 Å². The maximum absolute atomic E-state index is 15.5. The molecule has 1 amide bonds. The Balaban J connectivity index is 1.37. The first kappa shape index (κ1) is 32.0. The van der Waals surface area contributed by atoms with Crippen molar-refractivity contribution < 1.29 is 32.3 Å². The van der Waals surface area contributed by atoms with Crippen molar-refractivity contribution in [2.75, 3.05) is 0 Å². The summed E-state index contributed by atoms with van der Waals surface area (Å²) in [6.07, 6.45) is -4.41. The predicted octanol–water partition coefficient (Wildman–Crippen LogP) is 5.70. The van der Waals surface area contributed by atoms with Crippen LogP contribution in [-0.2, 0) is 30.4 Å². The minimum Gasteiger partial charge on any atom is -0.481 e. The Labute approximate surface area is 260 Å². The lowest BCUT2D eigenvalue weighted by Crippen LogP contribution is -2.38. The zero-order valence-corrected chi connectivity index (χ0v) is 24.6. The average molecular weight is 636 g/mol. The van der Waals surface area contributed by atoms with Gasteiger partial charge in [-0.1, -0.05) is 67.9 Å². The fourth-order valence-corrected chi connectivity index (χ4v) is 5.26. The van der Waals surface area contributed by atoms with Crippen LogP contribution in [0, 0.1) is 5.82 Å². The van der Waals surface area contributed by atoms with Gasteiger partial charge in [-0.3, -0.25) is 14.3 Å². The topological polar surface area (TPSA) is 139 Å². The number of rotatable bonds is 12. The van der Waals surface area contributed by atoms with E-state index >= 15 is 4.39 Å². The van der Waals surface area contributed by atoms with E-state index in [0.717, 1.165) is 6.07 Å². The molecule has 0 saturated heterocycles. The summed E-state index contributed by atoms with van der Waals surface area (Å²) in [5.74, 6) is -2.18. The van der Waals surface area contributed by atoms with Crippen LogP contribution in [0.4, 0.5) is 17.6 Å². The fourth-order valence-electron chi connectivity index (χ4n) is 5.26. The zero-order chi connectivity index (χ0) is 32.8. The highest BCUT2D eigenvalue weighted by atomic mass is 19.4. The van der Waals surface area contributed by atoms with E-state index in [1.165, 1.54) is 35.0 Å². The maximum atomic E-state index is 15.5. The number of alkyl halides is 3. The molecule has 238 valence electrons. The summed E-state index contributed by atoms with van der Waals surface area (Å²) in [7, 11) is 0. The molecule has 5 rings (SSSR count). The molecule has 2 aromatic heterocycles. The highest BCUT2D eigenvalue weighted by molar-refractivity contribution is 5.93. The van der Waals surface area contributed by atoms with Gasteiger partial charge in [-0.2, -0.15) is 23.5 Å². The van der Waals surface area contributed by atoms with E-state index < -0.39 is 41.9 Å². The molecule has 14 heteroatoms. The Kier molecular flexibility index (Phi) is 9.54. The highest BCUT2D eigenvalue weighted by Crippen LogP contribution is 2.33. The smallest absolute Gasteiger partial charge is 0.416 e. The monoisotopic (exact) mass is 635 g/mol. The van der Waals surface area contributed by atoms with Gasteiger partial charge in [0.15, 0.2) is 0 Å². The van der Waals surface area contributed by atoms with Crippen LogP contribution >= 0.6 is 0 Å². The molecule has 2 heterocycles. The van der Waals surface area contributed by atoms with Crippen LogP contribution in [0.1, 0.15) is 52.6 Å². The number of nitrogens with zero attached hydrogens (tertiary/aromatic N) is 5. The van der Waals surface area contributed by atoms with Gasteiger partial charge in [0.1, 0.15) is 11.5 Å². The Morgan fingerprint density at radius 3 is 2.41 bits per heavy atom. The molecule has 0 saturated carbocycles. The quantitative estimate of drug-likeness (QED) is 0.149. The SMILES string of the molecule is CCCc1cc(C(=O)NC(CC(=O)O)Cc2ccccc2C(F)(F)F)nn1Cc1ccc(-c2ccccc2-c2nn[nH]n2)cc1F. The van der Waals surface area contributed by atoms with Crippen molar-refractivity contribution in [3.63, 3.8) is 0 Å². The van der Waals surface area contributed by atoms with Crippen LogP contribution in [0.25, 0.3) is 22.5 Å². The van der Waals surface area contributed by atoms with E-state index in [0.29, 0.717) is 46.6 Å². The summed E-state index contributed by atoms with van der Waals surface area (Å²) >= 11 is 0. The molecule has 0 bridgehead atoms. The van der Waals surface area contributed by atoms with E-state index in [2.05, 4.69) is 31.0 Å². The summed E-state index contributed by atoms with van der Waals surface area (Å²) < 4.78 is 57.6. The van der Waals surface area contributed by atoms with Gasteiger partial charge in [0.05, 0.1) is 18.5 Å². The third kappa shape index (κ3) is 7.45. The molecular weight excluding hydrogens is 606 g/mol. The number of benzene rings is 3. The first-order chi connectivity index (χ1) is 22.0. The highest BCUT2D eigenvalue weighted by Gasteiger charge is 2.34. The van der Waals surface area contributed by atoms with Gasteiger partial charge in [0, 0.05) is 22.9 Å². The number of carboxylic acid groups (broad SMARTS) is 1. The third-order valence-corrected chi connectivity index (χ3v) is 7.34. The van der Waals surface area contributed by atoms with Crippen molar-refractivity contribution in [1.29, 1.82) is 0 Å². The second-order valence-electron chi connectivity index (χ2n) is 10.6. The van der Waals surface area contributed by atoms with Gasteiger partial charge < -0.3 is 10.4 Å². The second kappa shape index (κ2) is 13.7. The van der Waals surface area contributed by atoms with E-state index in [-0.39, 0.29) is 24.2 Å². The number of aliphatic carboxylic acids is 1. The van der Waals surface area contributed by atoms with Gasteiger partial charge in [-0.05, 0) is 52.9 Å². The largest absolute Gasteiger partial charge is 0.481 e. The van der Waals surface area contributed by atoms with Gasteiger partial charge in [-0.15, -0.1) is 10.2 Å². The number of hydrogen-bond acceptors (Lipinski definition) is 6. The first-order valence-corrected chi connectivity index (χ1v) is 14.4. The lowest BCUT2D eigenvalue weighted by atomic mass is 9.98. The van der Waals surface area contributed by atoms with E-state index in [1.54, 1.807) is 18.2 Å². The third-order valence-electron chi connectivity index (χ3n) is 7.34. The Bertz CT molecular complexity index is 1840. The van der Waals surface area contributed by atoms with Crippen LogP contribution in [0.5, 0.6) is 0 Å².